The molecule has 0 aliphatic rings. The van der Waals surface area contributed by atoms with E-state index in [0.29, 0.717) is 13.1 Å². The Hall–Kier alpha value is -1.14. The number of primary amides is 1. The van der Waals surface area contributed by atoms with Gasteiger partial charge in [0, 0.05) is 13.1 Å². The molecule has 0 heterocycles. The molecule has 18 heavy (non-hydrogen) atoms. The summed E-state index contributed by atoms with van der Waals surface area (Å²) in [5, 5.41) is 9.42. The van der Waals surface area contributed by atoms with Gasteiger partial charge in [-0.1, -0.05) is 13.8 Å². The quantitative estimate of drug-likeness (QED) is 0.591. The number of likely N-dealkylation sites (N-methyl/N-ethyl adjacent to an activating group) is 2. The zero-order valence-corrected chi connectivity index (χ0v) is 11.9. The minimum Gasteiger partial charge on any atom is -0.479 e. The maximum atomic E-state index is 11.7. The third-order valence-corrected chi connectivity index (χ3v) is 3.00. The van der Waals surface area contributed by atoms with Crippen LogP contribution in [0.3, 0.4) is 0 Å². The van der Waals surface area contributed by atoms with Gasteiger partial charge in [-0.25, -0.2) is 4.79 Å². The normalized spacial score (nSPS) is 15.1. The molecule has 0 rings (SSSR count). The minimum absolute atomic E-state index is 0.0652. The van der Waals surface area contributed by atoms with Crippen LogP contribution in [0.1, 0.15) is 20.3 Å². The number of carbonyl (C=O) groups is 2. The van der Waals surface area contributed by atoms with Gasteiger partial charge in [0.1, 0.15) is 0 Å². The highest BCUT2D eigenvalue weighted by molar-refractivity contribution is 6.05. The van der Waals surface area contributed by atoms with E-state index in [-0.39, 0.29) is 12.3 Å². The lowest BCUT2D eigenvalue weighted by Crippen LogP contribution is -2.63. The fourth-order valence-electron chi connectivity index (χ4n) is 1.93. The first-order valence-corrected chi connectivity index (χ1v) is 6.03. The molecule has 0 saturated heterocycles. The van der Waals surface area contributed by atoms with E-state index in [4.69, 9.17) is 5.73 Å². The Morgan fingerprint density at radius 2 is 1.72 bits per heavy atom. The number of nitrogens with two attached hydrogens (primary N) is 1. The molecule has 106 valence electrons. The predicted octanol–water partition coefficient (Wildman–Crippen LogP) is -0.165. The molecule has 0 fully saturated rings. The third kappa shape index (κ3) is 3.96. The highest BCUT2D eigenvalue weighted by Crippen LogP contribution is 2.23. The molecule has 0 unspecified atom stereocenters. The fourth-order valence-corrected chi connectivity index (χ4v) is 1.93. The maximum absolute atomic E-state index is 11.7. The molecule has 0 bridgehead atoms. The van der Waals surface area contributed by atoms with Crippen molar-refractivity contribution in [3.05, 3.63) is 0 Å². The monoisotopic (exact) mass is 259 g/mol. The number of carboxylic acids is 1. The smallest absolute Gasteiger partial charge is 0.333 e. The van der Waals surface area contributed by atoms with Gasteiger partial charge in [-0.15, -0.1) is 0 Å². The second-order valence-electron chi connectivity index (χ2n) is 5.35. The molecule has 0 aromatic carbocycles. The van der Waals surface area contributed by atoms with Crippen LogP contribution in [0.25, 0.3) is 0 Å². The minimum atomic E-state index is -1.62. The number of carbonyl (C=O) groups excluding carboxylic acids is 1. The molecule has 0 aliphatic heterocycles. The third-order valence-electron chi connectivity index (χ3n) is 3.00. The van der Waals surface area contributed by atoms with Crippen LogP contribution in [-0.2, 0) is 9.59 Å². The van der Waals surface area contributed by atoms with Gasteiger partial charge in [-0.3, -0.25) is 9.69 Å². The van der Waals surface area contributed by atoms with Gasteiger partial charge >= 0.3 is 5.97 Å². The summed E-state index contributed by atoms with van der Waals surface area (Å²) in [7, 11) is 5.41. The Balaban J connectivity index is 5.16. The molecule has 0 radical (unpaired) electrons. The van der Waals surface area contributed by atoms with Crippen LogP contribution in [0.4, 0.5) is 0 Å². The molecule has 0 spiro atoms. The molecule has 0 aromatic heterocycles. The van der Waals surface area contributed by atoms with E-state index >= 15 is 0 Å². The second-order valence-corrected chi connectivity index (χ2v) is 5.35. The van der Waals surface area contributed by atoms with Gasteiger partial charge in [-0.2, -0.15) is 0 Å². The summed E-state index contributed by atoms with van der Waals surface area (Å²) in [6.07, 6.45) is 0.210. The summed E-state index contributed by atoms with van der Waals surface area (Å²) in [6, 6.07) is 0. The van der Waals surface area contributed by atoms with E-state index in [1.165, 1.54) is 4.90 Å². The highest BCUT2D eigenvalue weighted by Gasteiger charge is 2.48. The van der Waals surface area contributed by atoms with Crippen LogP contribution >= 0.6 is 0 Å². The highest BCUT2D eigenvalue weighted by atomic mass is 16.4. The van der Waals surface area contributed by atoms with Crippen LogP contribution in [-0.4, -0.2) is 66.6 Å². The number of hydrogen-bond donors (Lipinski definition) is 2. The van der Waals surface area contributed by atoms with Crippen LogP contribution in [0.15, 0.2) is 0 Å². The average molecular weight is 259 g/mol. The first-order chi connectivity index (χ1) is 8.14. The van der Waals surface area contributed by atoms with Gasteiger partial charge < -0.3 is 15.7 Å². The Bertz CT molecular complexity index is 289. The van der Waals surface area contributed by atoms with Crippen molar-refractivity contribution in [1.29, 1.82) is 0 Å². The fraction of sp³-hybridized carbons (Fsp3) is 0.833. The molecule has 6 nitrogen and oxygen atoms in total. The lowest BCUT2D eigenvalue weighted by Gasteiger charge is -2.37. The molecular formula is C12H25N3O3. The van der Waals surface area contributed by atoms with Crippen LogP contribution in [0.2, 0.25) is 0 Å². The maximum Gasteiger partial charge on any atom is 0.333 e. The molecule has 1 amide bonds. The Labute approximate surface area is 109 Å². The number of aliphatic carboxylic acids is 1. The lowest BCUT2D eigenvalue weighted by atomic mass is 9.86. The number of carboxylic acid groups (broad SMARTS) is 1. The molecular weight excluding hydrogens is 234 g/mol. The summed E-state index contributed by atoms with van der Waals surface area (Å²) in [6.45, 7) is 4.88. The van der Waals surface area contributed by atoms with Crippen molar-refractivity contribution in [1.82, 2.24) is 9.80 Å². The summed E-state index contributed by atoms with van der Waals surface area (Å²) in [5.74, 6) is -1.91. The molecule has 6 heteroatoms. The SMILES string of the molecule is CC(C)C[C@@](C(N)=O)(C(=O)O)N(C)CCN(C)C. The van der Waals surface area contributed by atoms with Crippen LogP contribution < -0.4 is 5.73 Å². The molecule has 0 saturated carbocycles. The van der Waals surface area contributed by atoms with E-state index in [1.807, 2.05) is 32.8 Å². The van der Waals surface area contributed by atoms with E-state index in [9.17, 15) is 14.7 Å². The van der Waals surface area contributed by atoms with Crippen molar-refractivity contribution in [2.75, 3.05) is 34.2 Å². The first-order valence-electron chi connectivity index (χ1n) is 6.03. The average Bonchev–Trinajstić information content (AvgIpc) is 2.20. The Morgan fingerprint density at radius 3 is 2.00 bits per heavy atom. The molecule has 1 atom stereocenters. The lowest BCUT2D eigenvalue weighted by molar-refractivity contribution is -0.158. The topological polar surface area (TPSA) is 86.9 Å². The first kappa shape index (κ1) is 16.9. The van der Waals surface area contributed by atoms with E-state index in [0.717, 1.165) is 0 Å². The van der Waals surface area contributed by atoms with E-state index < -0.39 is 17.4 Å². The summed E-state index contributed by atoms with van der Waals surface area (Å²) in [5.41, 5.74) is 3.73. The summed E-state index contributed by atoms with van der Waals surface area (Å²) < 4.78 is 0. The van der Waals surface area contributed by atoms with Crippen molar-refractivity contribution < 1.29 is 14.7 Å². The number of nitrogens with zero attached hydrogens (tertiary/aromatic N) is 2. The zero-order chi connectivity index (χ0) is 14.5. The zero-order valence-electron chi connectivity index (χ0n) is 11.9. The Morgan fingerprint density at radius 1 is 1.22 bits per heavy atom. The van der Waals surface area contributed by atoms with Gasteiger partial charge in [0.2, 0.25) is 5.91 Å². The van der Waals surface area contributed by atoms with Crippen molar-refractivity contribution in [3.63, 3.8) is 0 Å². The second kappa shape index (κ2) is 6.70. The largest absolute Gasteiger partial charge is 0.479 e. The van der Waals surface area contributed by atoms with Crippen LogP contribution in [0.5, 0.6) is 0 Å². The molecule has 3 N–H and O–H groups in total. The van der Waals surface area contributed by atoms with Crippen LogP contribution in [0, 0.1) is 5.92 Å². The van der Waals surface area contributed by atoms with Crippen molar-refractivity contribution in [2.24, 2.45) is 11.7 Å². The number of rotatable bonds is 8. The van der Waals surface area contributed by atoms with Crippen molar-refractivity contribution in [3.8, 4) is 0 Å². The van der Waals surface area contributed by atoms with Gasteiger partial charge in [-0.05, 0) is 33.5 Å². The standard InChI is InChI=1S/C12H25N3O3/c1-9(2)8-12(10(13)16,11(17)18)15(5)7-6-14(3)4/h9H,6-8H2,1-5H3,(H2,13,16)(H,17,18)/t12-/m1/s1. The summed E-state index contributed by atoms with van der Waals surface area (Å²) in [4.78, 5) is 26.7. The summed E-state index contributed by atoms with van der Waals surface area (Å²) >= 11 is 0. The Kier molecular flexibility index (Phi) is 6.28. The van der Waals surface area contributed by atoms with Gasteiger partial charge in [0.05, 0.1) is 0 Å². The molecule has 0 aromatic rings. The van der Waals surface area contributed by atoms with E-state index in [2.05, 4.69) is 0 Å². The van der Waals surface area contributed by atoms with Gasteiger partial charge in [0.15, 0.2) is 5.54 Å². The van der Waals surface area contributed by atoms with Crippen molar-refractivity contribution >= 4 is 11.9 Å². The van der Waals surface area contributed by atoms with Gasteiger partial charge in [0.25, 0.3) is 0 Å². The van der Waals surface area contributed by atoms with Crippen molar-refractivity contribution in [2.45, 2.75) is 25.8 Å². The van der Waals surface area contributed by atoms with E-state index in [1.54, 1.807) is 7.05 Å². The number of amides is 1. The predicted molar refractivity (Wildman–Crippen MR) is 70.2 cm³/mol. The number of hydrogen-bond acceptors (Lipinski definition) is 4. The molecule has 0 aliphatic carbocycles.